The summed E-state index contributed by atoms with van der Waals surface area (Å²) in [5.74, 6) is -0.135. The van der Waals surface area contributed by atoms with Crippen molar-refractivity contribution in [2.75, 3.05) is 13.1 Å². The molecule has 3 aromatic rings. The monoisotopic (exact) mass is 439 g/mol. The molecule has 0 aliphatic carbocycles. The predicted molar refractivity (Wildman–Crippen MR) is 104 cm³/mol. The number of para-hydroxylation sites is 2. The van der Waals surface area contributed by atoms with Crippen molar-refractivity contribution >= 4 is 21.1 Å². The van der Waals surface area contributed by atoms with Gasteiger partial charge in [-0.25, -0.2) is 13.4 Å². The second kappa shape index (κ2) is 7.92. The van der Waals surface area contributed by atoms with Crippen molar-refractivity contribution in [3.8, 4) is 5.75 Å². The minimum absolute atomic E-state index is 0.0453. The molecule has 0 spiro atoms. The molecule has 4 rings (SSSR count). The Morgan fingerprint density at radius 1 is 1.03 bits per heavy atom. The molecule has 2 aromatic carbocycles. The van der Waals surface area contributed by atoms with E-state index in [0.717, 1.165) is 41.8 Å². The Bertz CT molecular complexity index is 1120. The Morgan fingerprint density at radius 3 is 2.37 bits per heavy atom. The van der Waals surface area contributed by atoms with Gasteiger partial charge in [-0.3, -0.25) is 0 Å². The van der Waals surface area contributed by atoms with Crippen LogP contribution in [0.3, 0.4) is 0 Å². The van der Waals surface area contributed by atoms with Crippen LogP contribution in [0.25, 0.3) is 11.0 Å². The van der Waals surface area contributed by atoms with Gasteiger partial charge in [-0.1, -0.05) is 12.1 Å². The van der Waals surface area contributed by atoms with Crippen LogP contribution in [-0.4, -0.2) is 41.7 Å². The number of hydrogen-bond acceptors (Lipinski definition) is 4. The molecule has 1 aliphatic rings. The summed E-state index contributed by atoms with van der Waals surface area (Å²) in [5.41, 5.74) is 1.98. The first kappa shape index (κ1) is 20.7. The van der Waals surface area contributed by atoms with Gasteiger partial charge in [0, 0.05) is 19.6 Å². The van der Waals surface area contributed by atoms with Crippen LogP contribution in [0.1, 0.15) is 12.8 Å². The third kappa shape index (κ3) is 4.44. The van der Waals surface area contributed by atoms with E-state index in [1.165, 1.54) is 4.31 Å². The quantitative estimate of drug-likeness (QED) is 0.602. The second-order valence-electron chi connectivity index (χ2n) is 7.25. The fourth-order valence-corrected chi connectivity index (χ4v) is 5.20. The van der Waals surface area contributed by atoms with Gasteiger partial charge in [0.1, 0.15) is 5.75 Å². The SMILES string of the molecule is O=S(=O)(c1ccc(OC(F)(F)F)cc1)N1CCC(Cn2cnc3ccccc32)CC1. The Balaban J connectivity index is 1.39. The number of piperidine rings is 1. The van der Waals surface area contributed by atoms with Crippen molar-refractivity contribution in [1.29, 1.82) is 0 Å². The molecule has 0 radical (unpaired) electrons. The van der Waals surface area contributed by atoms with Crippen molar-refractivity contribution < 1.29 is 26.3 Å². The van der Waals surface area contributed by atoms with Crippen molar-refractivity contribution in [2.45, 2.75) is 30.6 Å². The van der Waals surface area contributed by atoms with E-state index in [4.69, 9.17) is 0 Å². The summed E-state index contributed by atoms with van der Waals surface area (Å²) < 4.78 is 69.7. The Kier molecular flexibility index (Phi) is 5.46. The van der Waals surface area contributed by atoms with Crippen molar-refractivity contribution in [3.05, 3.63) is 54.9 Å². The maximum atomic E-state index is 12.8. The summed E-state index contributed by atoms with van der Waals surface area (Å²) in [4.78, 5) is 4.34. The highest BCUT2D eigenvalue weighted by atomic mass is 32.2. The van der Waals surface area contributed by atoms with Crippen LogP contribution in [0.2, 0.25) is 0 Å². The van der Waals surface area contributed by atoms with Gasteiger partial charge in [0.25, 0.3) is 0 Å². The van der Waals surface area contributed by atoms with E-state index in [1.807, 2.05) is 24.3 Å². The lowest BCUT2D eigenvalue weighted by Gasteiger charge is -2.31. The van der Waals surface area contributed by atoms with E-state index in [-0.39, 0.29) is 4.90 Å². The molecule has 0 amide bonds. The molecule has 1 aromatic heterocycles. The van der Waals surface area contributed by atoms with Crippen LogP contribution in [0.15, 0.2) is 59.8 Å². The summed E-state index contributed by atoms with van der Waals surface area (Å²) in [7, 11) is -3.77. The molecule has 0 saturated carbocycles. The number of hydrogen-bond donors (Lipinski definition) is 0. The van der Waals surface area contributed by atoms with E-state index >= 15 is 0 Å². The molecule has 0 bridgehead atoms. The van der Waals surface area contributed by atoms with Crippen LogP contribution in [0.4, 0.5) is 13.2 Å². The maximum absolute atomic E-state index is 12.8. The fourth-order valence-electron chi connectivity index (χ4n) is 3.73. The van der Waals surface area contributed by atoms with Gasteiger partial charge in [-0.2, -0.15) is 4.31 Å². The summed E-state index contributed by atoms with van der Waals surface area (Å²) in [6, 6.07) is 12.2. The van der Waals surface area contributed by atoms with Gasteiger partial charge in [-0.15, -0.1) is 13.2 Å². The number of nitrogens with zero attached hydrogens (tertiary/aromatic N) is 3. The van der Waals surface area contributed by atoms with E-state index in [0.29, 0.717) is 31.8 Å². The zero-order valence-corrected chi connectivity index (χ0v) is 16.7. The number of ether oxygens (including phenoxy) is 1. The molecule has 0 unspecified atom stereocenters. The number of imidazole rings is 1. The fraction of sp³-hybridized carbons (Fsp3) is 0.350. The lowest BCUT2D eigenvalue weighted by atomic mass is 9.98. The van der Waals surface area contributed by atoms with Gasteiger partial charge >= 0.3 is 6.36 Å². The third-order valence-electron chi connectivity index (χ3n) is 5.25. The molecule has 6 nitrogen and oxygen atoms in total. The highest BCUT2D eigenvalue weighted by Crippen LogP contribution is 2.28. The number of benzene rings is 2. The highest BCUT2D eigenvalue weighted by Gasteiger charge is 2.32. The summed E-state index contributed by atoms with van der Waals surface area (Å²) in [6.07, 6.45) is -1.62. The average molecular weight is 439 g/mol. The van der Waals surface area contributed by atoms with Gasteiger partial charge in [0.2, 0.25) is 10.0 Å². The van der Waals surface area contributed by atoms with Gasteiger partial charge in [-0.05, 0) is 55.2 Å². The zero-order valence-electron chi connectivity index (χ0n) is 15.9. The normalized spacial score (nSPS) is 16.8. The number of aromatic nitrogens is 2. The molecule has 0 N–H and O–H groups in total. The minimum Gasteiger partial charge on any atom is -0.406 e. The predicted octanol–water partition coefficient (Wildman–Crippen LogP) is 4.04. The van der Waals surface area contributed by atoms with E-state index in [2.05, 4.69) is 14.3 Å². The molecule has 1 saturated heterocycles. The molecule has 2 heterocycles. The van der Waals surface area contributed by atoms with Crippen LogP contribution in [0, 0.1) is 5.92 Å². The highest BCUT2D eigenvalue weighted by molar-refractivity contribution is 7.89. The Morgan fingerprint density at radius 2 is 1.70 bits per heavy atom. The standard InChI is InChI=1S/C20H20F3N3O3S/c21-20(22,23)29-16-5-7-17(8-6-16)30(27,28)26-11-9-15(10-12-26)13-25-14-24-18-3-1-2-4-19(18)25/h1-8,14-15H,9-13H2. The molecule has 1 aliphatic heterocycles. The van der Waals surface area contributed by atoms with E-state index in [1.54, 1.807) is 6.33 Å². The summed E-state index contributed by atoms with van der Waals surface area (Å²) in [6.45, 7) is 1.48. The summed E-state index contributed by atoms with van der Waals surface area (Å²) >= 11 is 0. The number of alkyl halides is 3. The van der Waals surface area contributed by atoms with E-state index in [9.17, 15) is 21.6 Å². The van der Waals surface area contributed by atoms with Crippen LogP contribution in [-0.2, 0) is 16.6 Å². The topological polar surface area (TPSA) is 64.4 Å². The van der Waals surface area contributed by atoms with Crippen molar-refractivity contribution in [2.24, 2.45) is 5.92 Å². The molecule has 30 heavy (non-hydrogen) atoms. The Labute approximate surface area is 171 Å². The van der Waals surface area contributed by atoms with Crippen LogP contribution >= 0.6 is 0 Å². The van der Waals surface area contributed by atoms with E-state index < -0.39 is 22.1 Å². The van der Waals surface area contributed by atoms with Gasteiger partial charge in [0.05, 0.1) is 22.3 Å². The minimum atomic E-state index is -4.82. The van der Waals surface area contributed by atoms with Gasteiger partial charge < -0.3 is 9.30 Å². The molecular formula is C20H20F3N3O3S. The van der Waals surface area contributed by atoms with Crippen molar-refractivity contribution in [3.63, 3.8) is 0 Å². The lowest BCUT2D eigenvalue weighted by Crippen LogP contribution is -2.39. The molecule has 160 valence electrons. The number of sulfonamides is 1. The number of fused-ring (bicyclic) bond motifs is 1. The molecular weight excluding hydrogens is 419 g/mol. The van der Waals surface area contributed by atoms with Crippen LogP contribution < -0.4 is 4.74 Å². The first-order chi connectivity index (χ1) is 14.2. The first-order valence-corrected chi connectivity index (χ1v) is 10.9. The summed E-state index contributed by atoms with van der Waals surface area (Å²) in [5, 5.41) is 0. The largest absolute Gasteiger partial charge is 0.573 e. The average Bonchev–Trinajstić information content (AvgIpc) is 3.11. The smallest absolute Gasteiger partial charge is 0.406 e. The Hall–Kier alpha value is -2.59. The first-order valence-electron chi connectivity index (χ1n) is 9.48. The van der Waals surface area contributed by atoms with Gasteiger partial charge in [0.15, 0.2) is 0 Å². The van der Waals surface area contributed by atoms with Crippen LogP contribution in [0.5, 0.6) is 5.75 Å². The number of halogens is 3. The molecule has 1 fully saturated rings. The zero-order chi connectivity index (χ0) is 21.4. The maximum Gasteiger partial charge on any atom is 0.573 e. The molecule has 0 atom stereocenters. The lowest BCUT2D eigenvalue weighted by molar-refractivity contribution is -0.274. The second-order valence-corrected chi connectivity index (χ2v) is 9.19. The van der Waals surface area contributed by atoms with Crippen molar-refractivity contribution in [1.82, 2.24) is 13.9 Å². The third-order valence-corrected chi connectivity index (χ3v) is 7.16. The molecule has 10 heteroatoms. The number of rotatable bonds is 5.